The highest BCUT2D eigenvalue weighted by Crippen LogP contribution is 2.22. The predicted octanol–water partition coefficient (Wildman–Crippen LogP) is 3.58. The summed E-state index contributed by atoms with van der Waals surface area (Å²) in [5.74, 6) is 0. The second kappa shape index (κ2) is 6.47. The third kappa shape index (κ3) is 3.97. The molecule has 0 aliphatic rings. The maximum Gasteiger partial charge on any atom is 0.261 e. The van der Waals surface area contributed by atoms with Gasteiger partial charge < -0.3 is 5.11 Å². The monoisotopic (exact) mass is 325 g/mol. The molecular weight excluding hydrogens is 310 g/mol. The molecule has 1 unspecified atom stereocenters. The van der Waals surface area contributed by atoms with E-state index in [1.54, 1.807) is 36.4 Å². The Hall–Kier alpha value is -1.56. The molecule has 0 saturated heterocycles. The lowest BCUT2D eigenvalue weighted by atomic mass is 10.1. The van der Waals surface area contributed by atoms with Gasteiger partial charge in [-0.1, -0.05) is 30.7 Å². The van der Waals surface area contributed by atoms with E-state index >= 15 is 0 Å². The molecule has 2 rings (SSSR count). The summed E-state index contributed by atoms with van der Waals surface area (Å²) in [6.45, 7) is 1.83. The van der Waals surface area contributed by atoms with Crippen molar-refractivity contribution in [3.05, 3.63) is 59.1 Å². The number of hydrogen-bond acceptors (Lipinski definition) is 3. The Morgan fingerprint density at radius 1 is 1.19 bits per heavy atom. The third-order valence-corrected chi connectivity index (χ3v) is 4.67. The molecule has 0 bridgehead atoms. The van der Waals surface area contributed by atoms with Crippen LogP contribution in [0.2, 0.25) is 5.02 Å². The molecule has 0 radical (unpaired) electrons. The van der Waals surface area contributed by atoms with Crippen LogP contribution in [0.4, 0.5) is 5.69 Å². The lowest BCUT2D eigenvalue weighted by molar-refractivity contribution is 0.173. The summed E-state index contributed by atoms with van der Waals surface area (Å²) in [6.07, 6.45) is -0.149. The molecule has 2 N–H and O–H groups in total. The first-order valence-corrected chi connectivity index (χ1v) is 8.35. The third-order valence-electron chi connectivity index (χ3n) is 3.04. The molecule has 21 heavy (non-hydrogen) atoms. The Bertz CT molecular complexity index is 714. The van der Waals surface area contributed by atoms with Crippen molar-refractivity contribution in [2.45, 2.75) is 24.3 Å². The molecule has 0 amide bonds. The fourth-order valence-electron chi connectivity index (χ4n) is 1.86. The minimum absolute atomic E-state index is 0.113. The van der Waals surface area contributed by atoms with Crippen molar-refractivity contribution >= 4 is 27.3 Å². The van der Waals surface area contributed by atoms with Crippen molar-refractivity contribution in [1.82, 2.24) is 0 Å². The molecule has 0 aliphatic heterocycles. The number of aliphatic hydroxyl groups is 1. The number of nitrogens with one attached hydrogen (secondary N) is 1. The highest BCUT2D eigenvalue weighted by Gasteiger charge is 2.16. The molecule has 0 aliphatic carbocycles. The van der Waals surface area contributed by atoms with Crippen LogP contribution in [-0.2, 0) is 10.0 Å². The second-order valence-electron chi connectivity index (χ2n) is 4.61. The number of anilines is 1. The van der Waals surface area contributed by atoms with Crippen molar-refractivity contribution < 1.29 is 13.5 Å². The summed E-state index contributed by atoms with van der Waals surface area (Å²) in [6, 6.07) is 12.7. The largest absolute Gasteiger partial charge is 0.388 e. The number of rotatable bonds is 5. The van der Waals surface area contributed by atoms with Gasteiger partial charge in [0, 0.05) is 10.7 Å². The molecule has 4 nitrogen and oxygen atoms in total. The predicted molar refractivity (Wildman–Crippen MR) is 84.0 cm³/mol. The van der Waals surface area contributed by atoms with Gasteiger partial charge in [-0.3, -0.25) is 4.72 Å². The molecule has 0 fully saturated rings. The summed E-state index contributed by atoms with van der Waals surface area (Å²) in [5.41, 5.74) is 1.01. The number of sulfonamides is 1. The van der Waals surface area contributed by atoms with Gasteiger partial charge in [-0.05, 0) is 48.4 Å². The SMILES string of the molecule is CCC(O)c1cccc(S(=O)(=O)Nc2ccc(Cl)cc2)c1. The maximum absolute atomic E-state index is 12.3. The molecule has 0 heterocycles. The molecule has 0 spiro atoms. The zero-order valence-corrected chi connectivity index (χ0v) is 13.0. The van der Waals surface area contributed by atoms with E-state index in [1.807, 2.05) is 6.92 Å². The first kappa shape index (κ1) is 15.8. The van der Waals surface area contributed by atoms with E-state index in [9.17, 15) is 13.5 Å². The summed E-state index contributed by atoms with van der Waals surface area (Å²) in [7, 11) is -3.69. The van der Waals surface area contributed by atoms with Crippen molar-refractivity contribution in [3.63, 3.8) is 0 Å². The standard InChI is InChI=1S/C15H16ClNO3S/c1-2-15(18)11-4-3-5-14(10-11)21(19,20)17-13-8-6-12(16)7-9-13/h3-10,15,17-18H,2H2,1H3. The van der Waals surface area contributed by atoms with E-state index < -0.39 is 16.1 Å². The second-order valence-corrected chi connectivity index (χ2v) is 6.73. The Balaban J connectivity index is 2.29. The summed E-state index contributed by atoms with van der Waals surface area (Å²) >= 11 is 5.77. The Kier molecular flexibility index (Phi) is 4.88. The van der Waals surface area contributed by atoms with E-state index in [0.29, 0.717) is 22.7 Å². The Morgan fingerprint density at radius 2 is 1.86 bits per heavy atom. The molecule has 1 atom stereocenters. The summed E-state index contributed by atoms with van der Waals surface area (Å²) in [4.78, 5) is 0.113. The van der Waals surface area contributed by atoms with Gasteiger partial charge in [0.2, 0.25) is 0 Å². The fourth-order valence-corrected chi connectivity index (χ4v) is 3.10. The topological polar surface area (TPSA) is 66.4 Å². The van der Waals surface area contributed by atoms with Gasteiger partial charge in [-0.25, -0.2) is 8.42 Å². The lowest BCUT2D eigenvalue weighted by Gasteiger charge is -2.12. The molecule has 112 valence electrons. The molecular formula is C15H16ClNO3S. The van der Waals surface area contributed by atoms with Gasteiger partial charge in [-0.15, -0.1) is 0 Å². The van der Waals surface area contributed by atoms with Crippen LogP contribution in [0.1, 0.15) is 25.0 Å². The molecule has 0 aromatic heterocycles. The normalized spacial score (nSPS) is 12.9. The van der Waals surface area contributed by atoms with E-state index in [1.165, 1.54) is 12.1 Å². The number of hydrogen-bond donors (Lipinski definition) is 2. The van der Waals surface area contributed by atoms with Crippen molar-refractivity contribution in [2.75, 3.05) is 4.72 Å². The van der Waals surface area contributed by atoms with Crippen LogP contribution in [0.25, 0.3) is 0 Å². The van der Waals surface area contributed by atoms with E-state index in [0.717, 1.165) is 0 Å². The molecule has 2 aromatic rings. The Labute approximate surface area is 129 Å². The maximum atomic E-state index is 12.3. The van der Waals surface area contributed by atoms with Gasteiger partial charge in [0.1, 0.15) is 0 Å². The van der Waals surface area contributed by atoms with Gasteiger partial charge in [0.05, 0.1) is 11.0 Å². The first-order chi connectivity index (χ1) is 9.92. The van der Waals surface area contributed by atoms with Gasteiger partial charge >= 0.3 is 0 Å². The van der Waals surface area contributed by atoms with Crippen molar-refractivity contribution in [1.29, 1.82) is 0 Å². The average molecular weight is 326 g/mol. The smallest absolute Gasteiger partial charge is 0.261 e. The minimum Gasteiger partial charge on any atom is -0.388 e. The van der Waals surface area contributed by atoms with Gasteiger partial charge in [0.15, 0.2) is 0 Å². The number of benzene rings is 2. The van der Waals surface area contributed by atoms with Crippen LogP contribution in [-0.4, -0.2) is 13.5 Å². The number of aliphatic hydroxyl groups excluding tert-OH is 1. The number of halogens is 1. The van der Waals surface area contributed by atoms with Crippen LogP contribution < -0.4 is 4.72 Å². The highest BCUT2D eigenvalue weighted by molar-refractivity contribution is 7.92. The minimum atomic E-state index is -3.69. The Morgan fingerprint density at radius 3 is 2.48 bits per heavy atom. The highest BCUT2D eigenvalue weighted by atomic mass is 35.5. The van der Waals surface area contributed by atoms with Crippen LogP contribution >= 0.6 is 11.6 Å². The summed E-state index contributed by atoms with van der Waals surface area (Å²) < 4.78 is 27.1. The quantitative estimate of drug-likeness (QED) is 0.883. The van der Waals surface area contributed by atoms with Crippen molar-refractivity contribution in [3.8, 4) is 0 Å². The van der Waals surface area contributed by atoms with Gasteiger partial charge in [-0.2, -0.15) is 0 Å². The fraction of sp³-hybridized carbons (Fsp3) is 0.200. The van der Waals surface area contributed by atoms with Crippen LogP contribution in [0.15, 0.2) is 53.4 Å². The molecule has 2 aromatic carbocycles. The van der Waals surface area contributed by atoms with Crippen LogP contribution in [0.5, 0.6) is 0 Å². The molecule has 0 saturated carbocycles. The van der Waals surface area contributed by atoms with E-state index in [2.05, 4.69) is 4.72 Å². The van der Waals surface area contributed by atoms with Gasteiger partial charge in [0.25, 0.3) is 10.0 Å². The van der Waals surface area contributed by atoms with Crippen LogP contribution in [0.3, 0.4) is 0 Å². The molecule has 6 heteroatoms. The van der Waals surface area contributed by atoms with Crippen molar-refractivity contribution in [2.24, 2.45) is 0 Å². The lowest BCUT2D eigenvalue weighted by Crippen LogP contribution is -2.13. The summed E-state index contributed by atoms with van der Waals surface area (Å²) in [5, 5.41) is 10.3. The van der Waals surface area contributed by atoms with E-state index in [4.69, 9.17) is 11.6 Å². The zero-order chi connectivity index (χ0) is 15.5. The average Bonchev–Trinajstić information content (AvgIpc) is 2.49. The first-order valence-electron chi connectivity index (χ1n) is 6.49. The van der Waals surface area contributed by atoms with E-state index in [-0.39, 0.29) is 4.90 Å². The zero-order valence-electron chi connectivity index (χ0n) is 11.5. The van der Waals surface area contributed by atoms with Crippen LogP contribution in [0, 0.1) is 0 Å².